The minimum atomic E-state index is -0.597. The standard InChI is InChI=1S/C25H45N5O2/c1-24(2,20-25(3,4)27-23(32)26-21-14-10-9-11-15-21)22(31)30(18-12-16-28(5)6)19-13-17-29(7)8/h9-11,14-15H,12-13,16-20H2,1-8H3,(H2,26,27,32). The van der Waals surface area contributed by atoms with Crippen LogP contribution in [0.4, 0.5) is 10.5 Å². The Morgan fingerprint density at radius 1 is 0.812 bits per heavy atom. The van der Waals surface area contributed by atoms with Crippen molar-refractivity contribution < 1.29 is 9.59 Å². The van der Waals surface area contributed by atoms with Crippen LogP contribution >= 0.6 is 0 Å². The number of carbonyl (C=O) groups excluding carboxylic acids is 2. The van der Waals surface area contributed by atoms with E-state index in [1.54, 1.807) is 0 Å². The molecule has 0 bridgehead atoms. The molecule has 182 valence electrons. The van der Waals surface area contributed by atoms with Crippen LogP contribution in [0.15, 0.2) is 30.3 Å². The molecule has 0 spiro atoms. The summed E-state index contributed by atoms with van der Waals surface area (Å²) >= 11 is 0. The third-order valence-electron chi connectivity index (χ3n) is 5.30. The number of hydrogen-bond acceptors (Lipinski definition) is 4. The van der Waals surface area contributed by atoms with Gasteiger partial charge >= 0.3 is 6.03 Å². The zero-order valence-electron chi connectivity index (χ0n) is 21.5. The minimum absolute atomic E-state index is 0.147. The van der Waals surface area contributed by atoms with Crippen LogP contribution in [-0.2, 0) is 4.79 Å². The number of nitrogens with zero attached hydrogens (tertiary/aromatic N) is 3. The molecular formula is C25H45N5O2. The summed E-state index contributed by atoms with van der Waals surface area (Å²) in [4.78, 5) is 32.3. The van der Waals surface area contributed by atoms with Gasteiger partial charge in [-0.2, -0.15) is 0 Å². The first-order chi connectivity index (χ1) is 14.8. The van der Waals surface area contributed by atoms with Crippen molar-refractivity contribution in [2.45, 2.75) is 52.5 Å². The molecule has 7 nitrogen and oxygen atoms in total. The fraction of sp³-hybridized carbons (Fsp3) is 0.680. The van der Waals surface area contributed by atoms with Crippen molar-refractivity contribution in [1.82, 2.24) is 20.0 Å². The van der Waals surface area contributed by atoms with Crippen LogP contribution in [0.3, 0.4) is 0 Å². The van der Waals surface area contributed by atoms with Gasteiger partial charge in [0.1, 0.15) is 0 Å². The van der Waals surface area contributed by atoms with E-state index in [0.717, 1.165) is 44.7 Å². The fourth-order valence-corrected chi connectivity index (χ4v) is 4.11. The van der Waals surface area contributed by atoms with Gasteiger partial charge in [-0.3, -0.25) is 4.79 Å². The Labute approximate surface area is 195 Å². The lowest BCUT2D eigenvalue weighted by atomic mass is 9.78. The first-order valence-corrected chi connectivity index (χ1v) is 11.6. The van der Waals surface area contributed by atoms with E-state index in [1.165, 1.54) is 0 Å². The average Bonchev–Trinajstić information content (AvgIpc) is 2.65. The van der Waals surface area contributed by atoms with E-state index in [4.69, 9.17) is 0 Å². The number of urea groups is 1. The van der Waals surface area contributed by atoms with Gasteiger partial charge in [0, 0.05) is 29.7 Å². The van der Waals surface area contributed by atoms with Crippen molar-refractivity contribution in [3.05, 3.63) is 30.3 Å². The minimum Gasteiger partial charge on any atom is -0.342 e. The maximum Gasteiger partial charge on any atom is 0.319 e. The molecule has 3 amide bonds. The van der Waals surface area contributed by atoms with E-state index in [-0.39, 0.29) is 11.9 Å². The first-order valence-electron chi connectivity index (χ1n) is 11.6. The maximum absolute atomic E-state index is 13.5. The quantitative estimate of drug-likeness (QED) is 0.483. The number of para-hydroxylation sites is 1. The molecule has 0 saturated heterocycles. The van der Waals surface area contributed by atoms with Crippen LogP contribution in [0, 0.1) is 5.41 Å². The van der Waals surface area contributed by atoms with Crippen LogP contribution in [0.25, 0.3) is 0 Å². The Bertz CT molecular complexity index is 688. The maximum atomic E-state index is 13.5. The lowest BCUT2D eigenvalue weighted by molar-refractivity contribution is -0.141. The van der Waals surface area contributed by atoms with Crippen LogP contribution in [-0.4, -0.2) is 86.5 Å². The van der Waals surface area contributed by atoms with Crippen molar-refractivity contribution in [3.8, 4) is 0 Å². The number of amides is 3. The summed E-state index contributed by atoms with van der Waals surface area (Å²) < 4.78 is 0. The second-order valence-electron chi connectivity index (χ2n) is 10.5. The van der Waals surface area contributed by atoms with Gasteiger partial charge in [-0.15, -0.1) is 0 Å². The Morgan fingerprint density at radius 3 is 1.78 bits per heavy atom. The van der Waals surface area contributed by atoms with Gasteiger partial charge in [-0.05, 0) is 86.5 Å². The highest BCUT2D eigenvalue weighted by Crippen LogP contribution is 2.30. The highest BCUT2D eigenvalue weighted by molar-refractivity contribution is 5.89. The van der Waals surface area contributed by atoms with Gasteiger partial charge in [0.25, 0.3) is 0 Å². The van der Waals surface area contributed by atoms with E-state index < -0.39 is 11.0 Å². The number of nitrogens with one attached hydrogen (secondary N) is 2. The molecule has 0 radical (unpaired) electrons. The molecule has 7 heteroatoms. The predicted molar refractivity (Wildman–Crippen MR) is 134 cm³/mol. The molecule has 0 aromatic heterocycles. The van der Waals surface area contributed by atoms with Gasteiger partial charge in [0.05, 0.1) is 0 Å². The molecule has 0 atom stereocenters. The average molecular weight is 448 g/mol. The van der Waals surface area contributed by atoms with Crippen molar-refractivity contribution in [2.75, 3.05) is 59.7 Å². The molecule has 0 unspecified atom stereocenters. The molecule has 0 saturated carbocycles. The second-order valence-corrected chi connectivity index (χ2v) is 10.5. The fourth-order valence-electron chi connectivity index (χ4n) is 4.11. The number of rotatable bonds is 13. The highest BCUT2D eigenvalue weighted by Gasteiger charge is 2.38. The number of carbonyl (C=O) groups is 2. The van der Waals surface area contributed by atoms with Gasteiger partial charge in [-0.25, -0.2) is 4.79 Å². The third kappa shape index (κ3) is 11.0. The topological polar surface area (TPSA) is 67.9 Å². The molecule has 0 aliphatic heterocycles. The van der Waals surface area contributed by atoms with Crippen LogP contribution < -0.4 is 10.6 Å². The van der Waals surface area contributed by atoms with Gasteiger partial charge in [0.2, 0.25) is 5.91 Å². The Hall–Kier alpha value is -2.12. The Morgan fingerprint density at radius 2 is 1.31 bits per heavy atom. The Balaban J connectivity index is 2.77. The number of anilines is 1. The normalized spacial score (nSPS) is 12.2. The summed E-state index contributed by atoms with van der Waals surface area (Å²) in [5.74, 6) is 0.147. The van der Waals surface area contributed by atoms with E-state index in [1.807, 2.05) is 62.9 Å². The van der Waals surface area contributed by atoms with Gasteiger partial charge < -0.3 is 25.3 Å². The molecule has 0 aliphatic carbocycles. The highest BCUT2D eigenvalue weighted by atomic mass is 16.2. The molecule has 0 aliphatic rings. The number of benzene rings is 1. The van der Waals surface area contributed by atoms with Crippen molar-refractivity contribution >= 4 is 17.6 Å². The van der Waals surface area contributed by atoms with E-state index >= 15 is 0 Å². The van der Waals surface area contributed by atoms with Crippen LogP contribution in [0.1, 0.15) is 47.0 Å². The smallest absolute Gasteiger partial charge is 0.319 e. The van der Waals surface area contributed by atoms with Crippen molar-refractivity contribution in [2.24, 2.45) is 5.41 Å². The van der Waals surface area contributed by atoms with Crippen LogP contribution in [0.5, 0.6) is 0 Å². The molecule has 0 heterocycles. The molecule has 32 heavy (non-hydrogen) atoms. The second kappa shape index (κ2) is 12.8. The van der Waals surface area contributed by atoms with Crippen LogP contribution in [0.2, 0.25) is 0 Å². The SMILES string of the molecule is CN(C)CCCN(CCCN(C)C)C(=O)C(C)(C)CC(C)(C)NC(=O)Nc1ccccc1. The van der Waals surface area contributed by atoms with Crippen molar-refractivity contribution in [1.29, 1.82) is 0 Å². The molecule has 1 rings (SSSR count). The first kappa shape index (κ1) is 27.9. The lowest BCUT2D eigenvalue weighted by Crippen LogP contribution is -2.52. The van der Waals surface area contributed by atoms with Crippen molar-refractivity contribution in [3.63, 3.8) is 0 Å². The van der Waals surface area contributed by atoms with Gasteiger partial charge in [-0.1, -0.05) is 32.0 Å². The summed E-state index contributed by atoms with van der Waals surface area (Å²) in [6.45, 7) is 11.3. The Kier molecular flexibility index (Phi) is 11.2. The largest absolute Gasteiger partial charge is 0.342 e. The monoisotopic (exact) mass is 447 g/mol. The predicted octanol–water partition coefficient (Wildman–Crippen LogP) is 3.74. The summed E-state index contributed by atoms with van der Waals surface area (Å²) in [7, 11) is 8.21. The zero-order valence-corrected chi connectivity index (χ0v) is 21.5. The molecular weight excluding hydrogens is 402 g/mol. The van der Waals surface area contributed by atoms with E-state index in [2.05, 4.69) is 48.6 Å². The molecule has 0 fully saturated rings. The summed E-state index contributed by atoms with van der Waals surface area (Å²) in [6.07, 6.45) is 2.43. The molecule has 2 N–H and O–H groups in total. The number of hydrogen-bond donors (Lipinski definition) is 2. The zero-order chi connectivity index (χ0) is 24.4. The summed E-state index contributed by atoms with van der Waals surface area (Å²) in [5, 5.41) is 5.89. The molecule has 1 aromatic carbocycles. The summed E-state index contributed by atoms with van der Waals surface area (Å²) in [5.41, 5.74) is -0.402. The summed E-state index contributed by atoms with van der Waals surface area (Å²) in [6, 6.07) is 9.09. The lowest BCUT2D eigenvalue weighted by Gasteiger charge is -2.38. The molecule has 1 aromatic rings. The van der Waals surface area contributed by atoms with Gasteiger partial charge in [0.15, 0.2) is 0 Å². The van der Waals surface area contributed by atoms with E-state index in [0.29, 0.717) is 6.42 Å². The third-order valence-corrected chi connectivity index (χ3v) is 5.30. The van der Waals surface area contributed by atoms with E-state index in [9.17, 15) is 9.59 Å².